The van der Waals surface area contributed by atoms with E-state index in [0.717, 1.165) is 18.6 Å². The van der Waals surface area contributed by atoms with E-state index in [9.17, 15) is 19.5 Å². The lowest BCUT2D eigenvalue weighted by Gasteiger charge is -2.41. The summed E-state index contributed by atoms with van der Waals surface area (Å²) < 4.78 is 11.9. The van der Waals surface area contributed by atoms with Gasteiger partial charge >= 0.3 is 0 Å². The van der Waals surface area contributed by atoms with E-state index in [1.165, 1.54) is 11.0 Å². The molecule has 1 aromatic heterocycles. The van der Waals surface area contributed by atoms with Gasteiger partial charge in [-0.2, -0.15) is 0 Å². The average Bonchev–Trinajstić information content (AvgIpc) is 3.42. The number of carbonyl (C=O) groups is 3. The second-order valence-corrected chi connectivity index (χ2v) is 9.04. The highest BCUT2D eigenvalue weighted by atomic mass is 16.5. The van der Waals surface area contributed by atoms with Crippen LogP contribution in [0, 0.1) is 6.92 Å². The highest BCUT2D eigenvalue weighted by Gasteiger charge is 2.53. The number of hydrogen-bond donors (Lipinski definition) is 3. The Morgan fingerprint density at radius 1 is 1.18 bits per heavy atom. The minimum atomic E-state index is -0.906. The molecule has 0 radical (unpaired) electrons. The second-order valence-electron chi connectivity index (χ2n) is 9.04. The molecule has 2 fully saturated rings. The zero-order valence-electron chi connectivity index (χ0n) is 19.2. The Bertz CT molecular complexity index is 1090. The van der Waals surface area contributed by atoms with Crippen LogP contribution in [0.2, 0.25) is 0 Å². The molecule has 1 aliphatic carbocycles. The van der Waals surface area contributed by atoms with Gasteiger partial charge in [0.05, 0.1) is 22.9 Å². The number of Topliss-reactive ketones (excluding diaryl/α,β-unsaturated/α-hetero) is 2. The van der Waals surface area contributed by atoms with E-state index in [1.807, 2.05) is 26.0 Å². The maximum absolute atomic E-state index is 12.6. The summed E-state index contributed by atoms with van der Waals surface area (Å²) in [5, 5.41) is 16.9. The zero-order valence-corrected chi connectivity index (χ0v) is 19.2. The number of anilines is 1. The lowest BCUT2D eigenvalue weighted by molar-refractivity contribution is -0.146. The molecule has 2 heterocycles. The molecule has 3 N–H and O–H groups in total. The summed E-state index contributed by atoms with van der Waals surface area (Å²) in [6.07, 6.45) is 1.65. The zero-order chi connectivity index (χ0) is 23.9. The molecule has 1 saturated carbocycles. The predicted octanol–water partition coefficient (Wildman–Crippen LogP) is 2.20. The van der Waals surface area contributed by atoms with Crippen molar-refractivity contribution in [3.63, 3.8) is 0 Å². The minimum absolute atomic E-state index is 0.100. The number of ketones is 2. The van der Waals surface area contributed by atoms with Gasteiger partial charge in [-0.25, -0.2) is 0 Å². The average molecular weight is 456 g/mol. The number of phenols is 1. The standard InChI is InChI=1S/C24H29N3O6/c1-13-9-10-16(33-13)22(24(2)11-6-12-32-24)26-18-17(20(29)21(18)30)25-15-8-5-7-14(19(15)28)23(31)27(3)4/h5,7-10,17-18,22,25-26,28H,6,11-12H2,1-4H3. The molecule has 0 bridgehead atoms. The van der Waals surface area contributed by atoms with Gasteiger partial charge in [-0.15, -0.1) is 0 Å². The van der Waals surface area contributed by atoms with E-state index in [1.54, 1.807) is 26.2 Å². The second kappa shape index (κ2) is 8.64. The van der Waals surface area contributed by atoms with E-state index < -0.39 is 35.3 Å². The van der Waals surface area contributed by atoms with Gasteiger partial charge in [-0.3, -0.25) is 19.7 Å². The Morgan fingerprint density at radius 3 is 2.52 bits per heavy atom. The molecule has 2 aliphatic rings. The summed E-state index contributed by atoms with van der Waals surface area (Å²) in [6, 6.07) is 6.15. The number of hydrogen-bond acceptors (Lipinski definition) is 8. The third kappa shape index (κ3) is 4.14. The molecule has 2 aromatic rings. The smallest absolute Gasteiger partial charge is 0.257 e. The van der Waals surface area contributed by atoms with E-state index in [-0.39, 0.29) is 22.9 Å². The van der Waals surface area contributed by atoms with Gasteiger partial charge in [0.1, 0.15) is 23.6 Å². The van der Waals surface area contributed by atoms with Crippen LogP contribution < -0.4 is 10.6 Å². The molecule has 4 unspecified atom stereocenters. The Labute approximate surface area is 192 Å². The van der Waals surface area contributed by atoms with Crippen molar-refractivity contribution >= 4 is 23.2 Å². The normalized spacial score (nSPS) is 25.6. The van der Waals surface area contributed by atoms with Gasteiger partial charge in [0, 0.05) is 20.7 Å². The Hall–Kier alpha value is -3.17. The lowest BCUT2D eigenvalue weighted by Crippen LogP contribution is -2.68. The highest BCUT2D eigenvalue weighted by molar-refractivity contribution is 6.49. The topological polar surface area (TPSA) is 121 Å². The Kier molecular flexibility index (Phi) is 6.02. The predicted molar refractivity (Wildman–Crippen MR) is 120 cm³/mol. The number of aromatic hydroxyl groups is 1. The number of nitrogens with one attached hydrogen (secondary N) is 2. The van der Waals surface area contributed by atoms with Gasteiger partial charge < -0.3 is 24.5 Å². The van der Waals surface area contributed by atoms with E-state index >= 15 is 0 Å². The van der Waals surface area contributed by atoms with Gasteiger partial charge in [0.25, 0.3) is 5.91 Å². The number of benzene rings is 1. The van der Waals surface area contributed by atoms with Crippen LogP contribution in [-0.4, -0.2) is 65.9 Å². The molecule has 9 heteroatoms. The van der Waals surface area contributed by atoms with Crippen molar-refractivity contribution < 1.29 is 28.6 Å². The fourth-order valence-corrected chi connectivity index (χ4v) is 4.45. The van der Waals surface area contributed by atoms with Gasteiger partial charge in [0.2, 0.25) is 11.6 Å². The number of amides is 1. The summed E-state index contributed by atoms with van der Waals surface area (Å²) in [7, 11) is 3.16. The molecule has 4 atom stereocenters. The minimum Gasteiger partial charge on any atom is -0.505 e. The van der Waals surface area contributed by atoms with Crippen LogP contribution in [0.4, 0.5) is 5.69 Å². The van der Waals surface area contributed by atoms with Crippen molar-refractivity contribution in [2.45, 2.75) is 50.4 Å². The highest BCUT2D eigenvalue weighted by Crippen LogP contribution is 2.39. The molecular formula is C24H29N3O6. The number of ether oxygens (including phenoxy) is 1. The van der Waals surface area contributed by atoms with Crippen molar-refractivity contribution in [1.82, 2.24) is 10.2 Å². The number of para-hydroxylation sites is 1. The summed E-state index contributed by atoms with van der Waals surface area (Å²) in [5.74, 6) is -0.432. The van der Waals surface area contributed by atoms with Crippen LogP contribution in [0.5, 0.6) is 5.75 Å². The lowest BCUT2D eigenvalue weighted by atomic mass is 9.80. The van der Waals surface area contributed by atoms with Crippen LogP contribution >= 0.6 is 0 Å². The maximum atomic E-state index is 12.6. The molecule has 9 nitrogen and oxygen atoms in total. The summed E-state index contributed by atoms with van der Waals surface area (Å²) in [4.78, 5) is 38.7. The molecule has 33 heavy (non-hydrogen) atoms. The molecule has 1 aromatic carbocycles. The van der Waals surface area contributed by atoms with Gasteiger partial charge in [-0.1, -0.05) is 6.07 Å². The first-order chi connectivity index (χ1) is 15.6. The number of aryl methyl sites for hydroxylation is 1. The number of furan rings is 1. The monoisotopic (exact) mass is 455 g/mol. The fourth-order valence-electron chi connectivity index (χ4n) is 4.45. The van der Waals surface area contributed by atoms with Crippen LogP contribution in [-0.2, 0) is 14.3 Å². The molecule has 4 rings (SSSR count). The molecule has 1 saturated heterocycles. The van der Waals surface area contributed by atoms with Crippen molar-refractivity contribution in [2.75, 3.05) is 26.0 Å². The third-order valence-corrected chi connectivity index (χ3v) is 6.38. The summed E-state index contributed by atoms with van der Waals surface area (Å²) >= 11 is 0. The first kappa shape index (κ1) is 23.0. The molecule has 176 valence electrons. The van der Waals surface area contributed by atoms with Crippen molar-refractivity contribution in [2.24, 2.45) is 0 Å². The van der Waals surface area contributed by atoms with Crippen molar-refractivity contribution in [3.8, 4) is 5.75 Å². The summed E-state index contributed by atoms with van der Waals surface area (Å²) in [5.41, 5.74) is -0.300. The van der Waals surface area contributed by atoms with Gasteiger partial charge in [-0.05, 0) is 51.0 Å². The van der Waals surface area contributed by atoms with Crippen molar-refractivity contribution in [1.29, 1.82) is 0 Å². The van der Waals surface area contributed by atoms with Gasteiger partial charge in [0.15, 0.2) is 5.75 Å². The number of phenolic OH excluding ortho intramolecular Hbond substituents is 1. The number of carbonyl (C=O) groups excluding carboxylic acids is 3. The number of rotatable bonds is 7. The van der Waals surface area contributed by atoms with E-state index in [4.69, 9.17) is 9.15 Å². The Morgan fingerprint density at radius 2 is 1.91 bits per heavy atom. The van der Waals surface area contributed by atoms with E-state index in [2.05, 4.69) is 10.6 Å². The maximum Gasteiger partial charge on any atom is 0.257 e. The number of nitrogens with zero attached hydrogens (tertiary/aromatic N) is 1. The van der Waals surface area contributed by atoms with Crippen LogP contribution in [0.15, 0.2) is 34.7 Å². The first-order valence-corrected chi connectivity index (χ1v) is 11.0. The molecule has 1 amide bonds. The van der Waals surface area contributed by atoms with Crippen LogP contribution in [0.25, 0.3) is 0 Å². The Balaban J connectivity index is 1.59. The van der Waals surface area contributed by atoms with Crippen LogP contribution in [0.1, 0.15) is 47.7 Å². The van der Waals surface area contributed by atoms with E-state index in [0.29, 0.717) is 12.4 Å². The first-order valence-electron chi connectivity index (χ1n) is 11.0. The van der Waals surface area contributed by atoms with Crippen LogP contribution in [0.3, 0.4) is 0 Å². The SMILES string of the molecule is Cc1ccc(C(NC2C(=O)C(=O)C2Nc2cccc(C(=O)N(C)C)c2O)C2(C)CCCO2)o1. The fraction of sp³-hybridized carbons (Fsp3) is 0.458. The molecular weight excluding hydrogens is 426 g/mol. The molecule has 0 spiro atoms. The van der Waals surface area contributed by atoms with Crippen molar-refractivity contribution in [3.05, 3.63) is 47.4 Å². The molecule has 1 aliphatic heterocycles. The largest absolute Gasteiger partial charge is 0.505 e. The third-order valence-electron chi connectivity index (χ3n) is 6.38. The summed E-state index contributed by atoms with van der Waals surface area (Å²) in [6.45, 7) is 4.41. The quantitative estimate of drug-likeness (QED) is 0.429.